The van der Waals surface area contributed by atoms with E-state index in [9.17, 15) is 13.2 Å². The predicted molar refractivity (Wildman–Crippen MR) is 70.7 cm³/mol. The molecule has 0 saturated carbocycles. The molecule has 2 rings (SSSR count). The topological polar surface area (TPSA) is 57.2 Å². The van der Waals surface area contributed by atoms with E-state index in [0.717, 1.165) is 10.6 Å². The summed E-state index contributed by atoms with van der Waals surface area (Å²) in [4.78, 5) is 5.96. The number of nitriles is 1. The molecule has 0 unspecified atom stereocenters. The van der Waals surface area contributed by atoms with Crippen molar-refractivity contribution in [3.05, 3.63) is 24.2 Å². The van der Waals surface area contributed by atoms with Gasteiger partial charge in [-0.3, -0.25) is 0 Å². The van der Waals surface area contributed by atoms with Gasteiger partial charge in [-0.15, -0.1) is 0 Å². The van der Waals surface area contributed by atoms with Crippen LogP contribution in [0.4, 0.5) is 19.0 Å². The molecule has 0 aliphatic carbocycles. The van der Waals surface area contributed by atoms with Crippen LogP contribution in [0.15, 0.2) is 18.5 Å². The van der Waals surface area contributed by atoms with Crippen molar-refractivity contribution in [2.24, 2.45) is 0 Å². The van der Waals surface area contributed by atoms with Crippen LogP contribution in [0.5, 0.6) is 0 Å². The summed E-state index contributed by atoms with van der Waals surface area (Å²) in [6.07, 6.45) is -1.46. The van der Waals surface area contributed by atoms with Gasteiger partial charge in [0.15, 0.2) is 11.5 Å². The second kappa shape index (κ2) is 5.60. The van der Waals surface area contributed by atoms with Crippen LogP contribution in [0.3, 0.4) is 0 Å². The summed E-state index contributed by atoms with van der Waals surface area (Å²) in [5.74, 6) is 0.394. The normalized spacial score (nSPS) is 11.9. The number of nitrogens with zero attached hydrogens (tertiary/aromatic N) is 5. The third-order valence-corrected chi connectivity index (χ3v) is 3.02. The maximum Gasteiger partial charge on any atom is 0.435 e. The van der Waals surface area contributed by atoms with E-state index in [1.807, 2.05) is 19.9 Å². The minimum atomic E-state index is -4.50. The summed E-state index contributed by atoms with van der Waals surface area (Å²) >= 11 is 0. The van der Waals surface area contributed by atoms with Gasteiger partial charge in [0.25, 0.3) is 0 Å². The van der Waals surface area contributed by atoms with Crippen molar-refractivity contribution < 1.29 is 13.2 Å². The maximum absolute atomic E-state index is 12.8. The quantitative estimate of drug-likeness (QED) is 0.870. The van der Waals surface area contributed by atoms with Crippen molar-refractivity contribution in [1.29, 1.82) is 5.26 Å². The molecule has 0 bridgehead atoms. The second-order valence-electron chi connectivity index (χ2n) is 4.80. The summed E-state index contributed by atoms with van der Waals surface area (Å²) in [6, 6.07) is 3.01. The Balaban J connectivity index is 2.52. The molecule has 21 heavy (non-hydrogen) atoms. The number of hydrogen-bond donors (Lipinski definition) is 0. The van der Waals surface area contributed by atoms with Gasteiger partial charge in [-0.2, -0.15) is 23.5 Å². The Labute approximate surface area is 119 Å². The lowest BCUT2D eigenvalue weighted by Gasteiger charge is -2.27. The zero-order chi connectivity index (χ0) is 15.6. The Morgan fingerprint density at radius 1 is 1.43 bits per heavy atom. The minimum Gasteiger partial charge on any atom is -0.351 e. The largest absolute Gasteiger partial charge is 0.435 e. The van der Waals surface area contributed by atoms with Gasteiger partial charge in [-0.25, -0.2) is 9.50 Å². The van der Waals surface area contributed by atoms with Crippen LogP contribution in [-0.4, -0.2) is 27.2 Å². The molecule has 0 N–H and O–H groups in total. The molecule has 112 valence electrons. The highest BCUT2D eigenvalue weighted by atomic mass is 19.4. The molecule has 0 amide bonds. The van der Waals surface area contributed by atoms with Crippen molar-refractivity contribution in [1.82, 2.24) is 14.6 Å². The molecule has 0 aliphatic rings. The first-order chi connectivity index (χ1) is 9.84. The fraction of sp³-hybridized carbons (Fsp3) is 0.462. The molecular formula is C13H14F3N5. The van der Waals surface area contributed by atoms with E-state index in [2.05, 4.69) is 10.1 Å². The summed E-state index contributed by atoms with van der Waals surface area (Å²) in [5, 5.41) is 12.2. The first-order valence-electron chi connectivity index (χ1n) is 6.39. The lowest BCUT2D eigenvalue weighted by atomic mass is 10.2. The molecule has 0 saturated heterocycles. The van der Waals surface area contributed by atoms with Crippen molar-refractivity contribution >= 4 is 11.3 Å². The van der Waals surface area contributed by atoms with Gasteiger partial charge < -0.3 is 4.90 Å². The molecule has 8 heteroatoms. The Morgan fingerprint density at radius 3 is 2.71 bits per heavy atom. The van der Waals surface area contributed by atoms with Gasteiger partial charge in [-0.1, -0.05) is 0 Å². The van der Waals surface area contributed by atoms with Gasteiger partial charge >= 0.3 is 6.18 Å². The Morgan fingerprint density at radius 2 is 2.14 bits per heavy atom. The van der Waals surface area contributed by atoms with Crippen LogP contribution < -0.4 is 4.90 Å². The first-order valence-corrected chi connectivity index (χ1v) is 6.39. The van der Waals surface area contributed by atoms with E-state index in [0.29, 0.717) is 12.4 Å². The van der Waals surface area contributed by atoms with Crippen molar-refractivity contribution in [3.63, 3.8) is 0 Å². The van der Waals surface area contributed by atoms with Crippen molar-refractivity contribution in [2.45, 2.75) is 32.5 Å². The predicted octanol–water partition coefficient (Wildman–Crippen LogP) is 2.88. The van der Waals surface area contributed by atoms with E-state index < -0.39 is 11.9 Å². The molecule has 0 fully saturated rings. The van der Waals surface area contributed by atoms with Crippen LogP contribution in [0.25, 0.3) is 5.52 Å². The van der Waals surface area contributed by atoms with Crippen molar-refractivity contribution in [2.75, 3.05) is 11.4 Å². The fourth-order valence-electron chi connectivity index (χ4n) is 2.05. The monoisotopic (exact) mass is 297 g/mol. The van der Waals surface area contributed by atoms with Crippen LogP contribution in [0.1, 0.15) is 26.0 Å². The SMILES string of the molecule is CC(C)N(CCC#N)c1nccn2nc(C(F)(F)F)cc12. The average molecular weight is 297 g/mol. The highest BCUT2D eigenvalue weighted by Gasteiger charge is 2.34. The molecule has 0 spiro atoms. The van der Waals surface area contributed by atoms with E-state index in [1.54, 1.807) is 4.90 Å². The van der Waals surface area contributed by atoms with Crippen LogP contribution in [-0.2, 0) is 6.18 Å². The zero-order valence-corrected chi connectivity index (χ0v) is 11.6. The standard InChI is InChI=1S/C13H14F3N5/c1-9(2)20(6-3-4-17)12-10-8-11(13(14,15)16)19-21(10)7-5-18-12/h5,7-9H,3,6H2,1-2H3. The number of halogens is 3. The van der Waals surface area contributed by atoms with Gasteiger partial charge in [0.1, 0.15) is 5.52 Å². The smallest absolute Gasteiger partial charge is 0.351 e. The van der Waals surface area contributed by atoms with Crippen molar-refractivity contribution in [3.8, 4) is 6.07 Å². The average Bonchev–Trinajstić information content (AvgIpc) is 2.83. The van der Waals surface area contributed by atoms with E-state index in [-0.39, 0.29) is 18.0 Å². The molecule has 5 nitrogen and oxygen atoms in total. The maximum atomic E-state index is 12.8. The molecular weight excluding hydrogens is 283 g/mol. The highest BCUT2D eigenvalue weighted by molar-refractivity contribution is 5.69. The van der Waals surface area contributed by atoms with E-state index in [4.69, 9.17) is 5.26 Å². The molecule has 2 aromatic rings. The van der Waals surface area contributed by atoms with E-state index >= 15 is 0 Å². The Bertz CT molecular complexity index is 668. The minimum absolute atomic E-state index is 0.00119. The number of aromatic nitrogens is 3. The van der Waals surface area contributed by atoms with Gasteiger partial charge in [0, 0.05) is 31.0 Å². The number of fused-ring (bicyclic) bond motifs is 1. The molecule has 0 radical (unpaired) electrons. The second-order valence-corrected chi connectivity index (χ2v) is 4.80. The highest BCUT2D eigenvalue weighted by Crippen LogP contribution is 2.31. The number of rotatable bonds is 4. The van der Waals surface area contributed by atoms with Crippen LogP contribution in [0, 0.1) is 11.3 Å². The van der Waals surface area contributed by atoms with Gasteiger partial charge in [-0.05, 0) is 13.8 Å². The third kappa shape index (κ3) is 3.07. The molecule has 0 aromatic carbocycles. The molecule has 0 atom stereocenters. The fourth-order valence-corrected chi connectivity index (χ4v) is 2.05. The molecule has 2 heterocycles. The molecule has 2 aromatic heterocycles. The number of anilines is 1. The Kier molecular flexibility index (Phi) is 4.02. The summed E-state index contributed by atoms with van der Waals surface area (Å²) in [7, 11) is 0. The van der Waals surface area contributed by atoms with Gasteiger partial charge in [0.05, 0.1) is 12.5 Å². The van der Waals surface area contributed by atoms with E-state index in [1.165, 1.54) is 12.4 Å². The lowest BCUT2D eigenvalue weighted by Crippen LogP contribution is -2.32. The number of hydrogen-bond acceptors (Lipinski definition) is 4. The summed E-state index contributed by atoms with van der Waals surface area (Å²) in [5.41, 5.74) is -0.683. The number of alkyl halides is 3. The Hall–Kier alpha value is -2.30. The first kappa shape index (κ1) is 15.1. The van der Waals surface area contributed by atoms with Crippen LogP contribution >= 0.6 is 0 Å². The van der Waals surface area contributed by atoms with Gasteiger partial charge in [0.2, 0.25) is 0 Å². The summed E-state index contributed by atoms with van der Waals surface area (Å²) in [6.45, 7) is 4.18. The zero-order valence-electron chi connectivity index (χ0n) is 11.6. The molecule has 0 aliphatic heterocycles. The lowest BCUT2D eigenvalue weighted by molar-refractivity contribution is -0.141. The van der Waals surface area contributed by atoms with Crippen LogP contribution in [0.2, 0.25) is 0 Å². The summed E-state index contributed by atoms with van der Waals surface area (Å²) < 4.78 is 39.5. The third-order valence-electron chi connectivity index (χ3n) is 3.02.